The van der Waals surface area contributed by atoms with Crippen molar-refractivity contribution < 1.29 is 24.2 Å². The van der Waals surface area contributed by atoms with Crippen molar-refractivity contribution in [3.05, 3.63) is 29.8 Å². The van der Waals surface area contributed by atoms with E-state index in [0.717, 1.165) is 24.2 Å². The summed E-state index contributed by atoms with van der Waals surface area (Å²) in [6, 6.07) is 6.93. The SMILES string of the molecule is COCCOc1ccc(CNC(=O)CN2CCCCC2C(=O)O)cc1. The monoisotopic (exact) mass is 350 g/mol. The molecule has 1 fully saturated rings. The fourth-order valence-electron chi connectivity index (χ4n) is 2.85. The number of benzene rings is 1. The number of piperidine rings is 1. The summed E-state index contributed by atoms with van der Waals surface area (Å²) in [5.74, 6) is -0.255. The molecule has 2 N–H and O–H groups in total. The zero-order chi connectivity index (χ0) is 18.1. The molecule has 7 nitrogen and oxygen atoms in total. The summed E-state index contributed by atoms with van der Waals surface area (Å²) in [5, 5.41) is 12.1. The number of carbonyl (C=O) groups is 2. The molecule has 1 unspecified atom stereocenters. The van der Waals surface area contributed by atoms with E-state index in [0.29, 0.717) is 32.7 Å². The minimum absolute atomic E-state index is 0.120. The summed E-state index contributed by atoms with van der Waals surface area (Å²) in [6.45, 7) is 2.20. The molecule has 0 aliphatic carbocycles. The summed E-state index contributed by atoms with van der Waals surface area (Å²) >= 11 is 0. The van der Waals surface area contributed by atoms with Gasteiger partial charge in [-0.1, -0.05) is 18.6 Å². The topological polar surface area (TPSA) is 88.1 Å². The molecule has 1 atom stereocenters. The Morgan fingerprint density at radius 2 is 2.00 bits per heavy atom. The quantitative estimate of drug-likeness (QED) is 0.652. The van der Waals surface area contributed by atoms with Gasteiger partial charge in [0.2, 0.25) is 5.91 Å². The van der Waals surface area contributed by atoms with Gasteiger partial charge < -0.3 is 19.9 Å². The molecule has 0 spiro atoms. The minimum atomic E-state index is -0.850. The van der Waals surface area contributed by atoms with E-state index in [4.69, 9.17) is 9.47 Å². The van der Waals surface area contributed by atoms with Gasteiger partial charge in [-0.3, -0.25) is 14.5 Å². The number of nitrogens with one attached hydrogen (secondary N) is 1. The Bertz CT molecular complexity index is 561. The lowest BCUT2D eigenvalue weighted by Crippen LogP contribution is -2.48. The molecule has 7 heteroatoms. The van der Waals surface area contributed by atoms with Crippen LogP contribution in [0.15, 0.2) is 24.3 Å². The van der Waals surface area contributed by atoms with Gasteiger partial charge in [0.1, 0.15) is 18.4 Å². The Morgan fingerprint density at radius 3 is 2.68 bits per heavy atom. The van der Waals surface area contributed by atoms with Crippen molar-refractivity contribution in [1.82, 2.24) is 10.2 Å². The number of hydrogen-bond acceptors (Lipinski definition) is 5. The zero-order valence-corrected chi connectivity index (χ0v) is 14.6. The number of methoxy groups -OCH3 is 1. The standard InChI is InChI=1S/C18H26N2O5/c1-24-10-11-25-15-7-5-14(6-8-15)12-19-17(21)13-20-9-3-2-4-16(20)18(22)23/h5-8,16H,2-4,9-13H2,1H3,(H,19,21)(H,22,23). The molecule has 0 bridgehead atoms. The zero-order valence-electron chi connectivity index (χ0n) is 14.6. The van der Waals surface area contributed by atoms with E-state index >= 15 is 0 Å². The lowest BCUT2D eigenvalue weighted by molar-refractivity contribution is -0.145. The molecule has 1 aliphatic rings. The number of ether oxygens (including phenoxy) is 2. The molecule has 1 amide bonds. The van der Waals surface area contributed by atoms with Crippen LogP contribution in [0.5, 0.6) is 5.75 Å². The van der Waals surface area contributed by atoms with E-state index in [1.54, 1.807) is 12.0 Å². The van der Waals surface area contributed by atoms with Crippen LogP contribution in [0.3, 0.4) is 0 Å². The highest BCUT2D eigenvalue weighted by molar-refractivity contribution is 5.80. The van der Waals surface area contributed by atoms with Crippen LogP contribution in [0.1, 0.15) is 24.8 Å². The van der Waals surface area contributed by atoms with Crippen molar-refractivity contribution in [2.45, 2.75) is 31.8 Å². The highest BCUT2D eigenvalue weighted by Gasteiger charge is 2.29. The normalized spacial score (nSPS) is 17.9. The molecule has 1 heterocycles. The molecule has 1 saturated heterocycles. The first-order valence-corrected chi connectivity index (χ1v) is 8.54. The Hall–Kier alpha value is -2.12. The minimum Gasteiger partial charge on any atom is -0.491 e. The second-order valence-corrected chi connectivity index (χ2v) is 6.08. The number of likely N-dealkylation sites (tertiary alicyclic amines) is 1. The van der Waals surface area contributed by atoms with Gasteiger partial charge in [0.15, 0.2) is 0 Å². The Balaban J connectivity index is 1.76. The number of rotatable bonds is 9. The third kappa shape index (κ3) is 6.36. The molecule has 2 rings (SSSR count). The Morgan fingerprint density at radius 1 is 1.24 bits per heavy atom. The summed E-state index contributed by atoms with van der Waals surface area (Å²) in [4.78, 5) is 25.1. The number of carboxylic acids is 1. The van der Waals surface area contributed by atoms with Gasteiger partial charge in [-0.25, -0.2) is 0 Å². The summed E-state index contributed by atoms with van der Waals surface area (Å²) in [6.07, 6.45) is 2.43. The van der Waals surface area contributed by atoms with Crippen molar-refractivity contribution in [2.24, 2.45) is 0 Å². The lowest BCUT2D eigenvalue weighted by Gasteiger charge is -2.32. The van der Waals surface area contributed by atoms with Crippen LogP contribution in [0.4, 0.5) is 0 Å². The van der Waals surface area contributed by atoms with Crippen molar-refractivity contribution in [3.8, 4) is 5.75 Å². The van der Waals surface area contributed by atoms with Gasteiger partial charge >= 0.3 is 5.97 Å². The van der Waals surface area contributed by atoms with Crippen LogP contribution in [0.2, 0.25) is 0 Å². The van der Waals surface area contributed by atoms with Crippen LogP contribution in [0, 0.1) is 0 Å². The van der Waals surface area contributed by atoms with E-state index in [-0.39, 0.29) is 12.5 Å². The largest absolute Gasteiger partial charge is 0.491 e. The van der Waals surface area contributed by atoms with Crippen LogP contribution >= 0.6 is 0 Å². The third-order valence-corrected chi connectivity index (χ3v) is 4.21. The third-order valence-electron chi connectivity index (χ3n) is 4.21. The molecular weight excluding hydrogens is 324 g/mol. The number of amides is 1. The van der Waals surface area contributed by atoms with Gasteiger partial charge in [-0.15, -0.1) is 0 Å². The van der Waals surface area contributed by atoms with Crippen molar-refractivity contribution in [2.75, 3.05) is 33.4 Å². The maximum Gasteiger partial charge on any atom is 0.320 e. The first-order valence-electron chi connectivity index (χ1n) is 8.54. The molecule has 0 saturated carbocycles. The van der Waals surface area contributed by atoms with E-state index < -0.39 is 12.0 Å². The molecule has 1 aromatic rings. The predicted octanol–water partition coefficient (Wildman–Crippen LogP) is 1.27. The fourth-order valence-corrected chi connectivity index (χ4v) is 2.85. The summed E-state index contributed by atoms with van der Waals surface area (Å²) < 4.78 is 10.4. The molecule has 0 radical (unpaired) electrons. The highest BCUT2D eigenvalue weighted by atomic mass is 16.5. The average molecular weight is 350 g/mol. The molecule has 25 heavy (non-hydrogen) atoms. The number of hydrogen-bond donors (Lipinski definition) is 2. The van der Waals surface area contributed by atoms with Gasteiger partial charge in [0, 0.05) is 13.7 Å². The van der Waals surface area contributed by atoms with E-state index in [9.17, 15) is 14.7 Å². The van der Waals surface area contributed by atoms with Gasteiger partial charge in [-0.05, 0) is 37.1 Å². The number of nitrogens with zero attached hydrogens (tertiary/aromatic N) is 1. The first-order chi connectivity index (χ1) is 12.1. The predicted molar refractivity (Wildman–Crippen MR) is 92.5 cm³/mol. The number of carbonyl (C=O) groups excluding carboxylic acids is 1. The summed E-state index contributed by atoms with van der Waals surface area (Å²) in [7, 11) is 1.62. The first kappa shape index (κ1) is 19.2. The van der Waals surface area contributed by atoms with E-state index in [1.165, 1.54) is 0 Å². The Labute approximate surface area is 147 Å². The summed E-state index contributed by atoms with van der Waals surface area (Å²) in [5.41, 5.74) is 0.959. The molecule has 1 aliphatic heterocycles. The average Bonchev–Trinajstić information content (AvgIpc) is 2.61. The second-order valence-electron chi connectivity index (χ2n) is 6.08. The molecule has 0 aromatic heterocycles. The van der Waals surface area contributed by atoms with Gasteiger partial charge in [0.25, 0.3) is 0 Å². The number of aliphatic carboxylic acids is 1. The van der Waals surface area contributed by atoms with Gasteiger partial charge in [0.05, 0.1) is 13.2 Å². The molecule has 138 valence electrons. The van der Waals surface area contributed by atoms with E-state index in [2.05, 4.69) is 5.32 Å². The van der Waals surface area contributed by atoms with Crippen LogP contribution < -0.4 is 10.1 Å². The maximum atomic E-state index is 12.1. The molecule has 1 aromatic carbocycles. The van der Waals surface area contributed by atoms with Crippen LogP contribution in [-0.4, -0.2) is 61.3 Å². The van der Waals surface area contributed by atoms with E-state index in [1.807, 2.05) is 24.3 Å². The van der Waals surface area contributed by atoms with Gasteiger partial charge in [-0.2, -0.15) is 0 Å². The lowest BCUT2D eigenvalue weighted by atomic mass is 10.0. The van der Waals surface area contributed by atoms with Crippen molar-refractivity contribution >= 4 is 11.9 Å². The van der Waals surface area contributed by atoms with Crippen molar-refractivity contribution in [1.29, 1.82) is 0 Å². The van der Waals surface area contributed by atoms with Crippen LogP contribution in [-0.2, 0) is 20.9 Å². The van der Waals surface area contributed by atoms with Crippen LogP contribution in [0.25, 0.3) is 0 Å². The maximum absolute atomic E-state index is 12.1. The smallest absolute Gasteiger partial charge is 0.320 e. The fraction of sp³-hybridized carbons (Fsp3) is 0.556. The second kappa shape index (κ2) is 10.0. The van der Waals surface area contributed by atoms with Crippen molar-refractivity contribution in [3.63, 3.8) is 0 Å². The molecular formula is C18H26N2O5. The number of carboxylic acid groups (broad SMARTS) is 1. The highest BCUT2D eigenvalue weighted by Crippen LogP contribution is 2.17. The Kier molecular flexibility index (Phi) is 7.69.